The van der Waals surface area contributed by atoms with Crippen molar-refractivity contribution in [3.8, 4) is 0 Å². The molecule has 0 saturated carbocycles. The lowest BCUT2D eigenvalue weighted by molar-refractivity contribution is 0.606. The predicted octanol–water partition coefficient (Wildman–Crippen LogP) is 3.89. The van der Waals surface area contributed by atoms with Gasteiger partial charge in [0, 0.05) is 29.9 Å². The molecular weight excluding hydrogens is 254 g/mol. The monoisotopic (exact) mass is 275 g/mol. The number of thiazole rings is 1. The Morgan fingerprint density at radius 1 is 1.42 bits per heavy atom. The SMILES string of the molecule is CCNC(C)c1cnc(N(C)c2cccc(C)c2)s1. The summed E-state index contributed by atoms with van der Waals surface area (Å²) in [5.41, 5.74) is 2.44. The number of rotatable bonds is 5. The standard InChI is InChI=1S/C15H21N3S/c1-5-16-12(3)14-10-17-15(19-14)18(4)13-8-6-7-11(2)9-13/h6-10,12,16H,5H2,1-4H3. The van der Waals surface area contributed by atoms with E-state index in [1.807, 2.05) is 6.20 Å². The number of nitrogens with one attached hydrogen (secondary N) is 1. The van der Waals surface area contributed by atoms with E-state index in [-0.39, 0.29) is 0 Å². The van der Waals surface area contributed by atoms with Crippen molar-refractivity contribution in [2.75, 3.05) is 18.5 Å². The summed E-state index contributed by atoms with van der Waals surface area (Å²) in [5, 5.41) is 4.45. The maximum absolute atomic E-state index is 4.53. The molecule has 0 radical (unpaired) electrons. The van der Waals surface area contributed by atoms with Gasteiger partial charge in [0.1, 0.15) is 0 Å². The second-order valence-corrected chi connectivity index (χ2v) is 5.76. The normalized spacial score (nSPS) is 12.4. The number of aromatic nitrogens is 1. The average molecular weight is 275 g/mol. The zero-order chi connectivity index (χ0) is 13.8. The molecule has 4 heteroatoms. The molecule has 1 aromatic heterocycles. The fourth-order valence-corrected chi connectivity index (χ4v) is 2.91. The molecule has 1 heterocycles. The number of hydrogen-bond donors (Lipinski definition) is 1. The maximum atomic E-state index is 4.53. The third-order valence-corrected chi connectivity index (χ3v) is 4.38. The highest BCUT2D eigenvalue weighted by molar-refractivity contribution is 7.15. The fourth-order valence-electron chi connectivity index (χ4n) is 1.99. The molecule has 102 valence electrons. The molecule has 0 aliphatic heterocycles. The Labute approximate surface area is 119 Å². The minimum absolute atomic E-state index is 0.363. The summed E-state index contributed by atoms with van der Waals surface area (Å²) >= 11 is 1.74. The summed E-state index contributed by atoms with van der Waals surface area (Å²) in [5.74, 6) is 0. The van der Waals surface area contributed by atoms with Crippen molar-refractivity contribution in [2.45, 2.75) is 26.8 Å². The Morgan fingerprint density at radius 3 is 2.89 bits per heavy atom. The van der Waals surface area contributed by atoms with Crippen LogP contribution in [-0.2, 0) is 0 Å². The molecule has 0 aliphatic rings. The van der Waals surface area contributed by atoms with Gasteiger partial charge >= 0.3 is 0 Å². The molecule has 0 fully saturated rings. The van der Waals surface area contributed by atoms with Gasteiger partial charge in [-0.1, -0.05) is 30.4 Å². The van der Waals surface area contributed by atoms with Crippen molar-refractivity contribution in [1.82, 2.24) is 10.3 Å². The minimum atomic E-state index is 0.363. The molecule has 0 aliphatic carbocycles. The number of anilines is 2. The molecule has 3 nitrogen and oxygen atoms in total. The number of aryl methyl sites for hydroxylation is 1. The van der Waals surface area contributed by atoms with Crippen molar-refractivity contribution in [2.24, 2.45) is 0 Å². The Bertz CT molecular complexity index is 536. The first-order valence-corrected chi connectivity index (χ1v) is 7.43. The minimum Gasteiger partial charge on any atom is -0.321 e. The lowest BCUT2D eigenvalue weighted by atomic mass is 10.2. The molecule has 2 aromatic rings. The van der Waals surface area contributed by atoms with Crippen LogP contribution in [0.1, 0.15) is 30.3 Å². The smallest absolute Gasteiger partial charge is 0.189 e. The van der Waals surface area contributed by atoms with Crippen molar-refractivity contribution < 1.29 is 0 Å². The van der Waals surface area contributed by atoms with Crippen molar-refractivity contribution >= 4 is 22.2 Å². The molecule has 0 spiro atoms. The van der Waals surface area contributed by atoms with Gasteiger partial charge in [-0.3, -0.25) is 0 Å². The van der Waals surface area contributed by atoms with Crippen LogP contribution in [0.4, 0.5) is 10.8 Å². The zero-order valence-corrected chi connectivity index (χ0v) is 12.8. The first-order chi connectivity index (χ1) is 9.11. The van der Waals surface area contributed by atoms with Crippen LogP contribution in [0.25, 0.3) is 0 Å². The largest absolute Gasteiger partial charge is 0.321 e. The van der Waals surface area contributed by atoms with Crippen molar-refractivity contribution in [3.05, 3.63) is 40.9 Å². The van der Waals surface area contributed by atoms with Crippen LogP contribution in [0.3, 0.4) is 0 Å². The van der Waals surface area contributed by atoms with E-state index in [0.29, 0.717) is 6.04 Å². The van der Waals surface area contributed by atoms with E-state index in [2.05, 4.69) is 67.3 Å². The zero-order valence-electron chi connectivity index (χ0n) is 12.0. The third kappa shape index (κ3) is 3.33. The summed E-state index contributed by atoms with van der Waals surface area (Å²) < 4.78 is 0. The van der Waals surface area contributed by atoms with Gasteiger partial charge in [-0.15, -0.1) is 0 Å². The van der Waals surface area contributed by atoms with E-state index in [1.165, 1.54) is 16.1 Å². The molecule has 1 N–H and O–H groups in total. The van der Waals surface area contributed by atoms with E-state index in [0.717, 1.165) is 11.7 Å². The van der Waals surface area contributed by atoms with Crippen LogP contribution in [0.2, 0.25) is 0 Å². The lowest BCUT2D eigenvalue weighted by Gasteiger charge is -2.16. The quantitative estimate of drug-likeness (QED) is 0.897. The maximum Gasteiger partial charge on any atom is 0.189 e. The average Bonchev–Trinajstić information content (AvgIpc) is 2.88. The molecule has 2 rings (SSSR count). The van der Waals surface area contributed by atoms with Gasteiger partial charge in [0.05, 0.1) is 0 Å². The molecule has 1 unspecified atom stereocenters. The molecule has 0 saturated heterocycles. The van der Waals surface area contributed by atoms with E-state index >= 15 is 0 Å². The summed E-state index contributed by atoms with van der Waals surface area (Å²) in [6.07, 6.45) is 1.97. The third-order valence-electron chi connectivity index (χ3n) is 3.12. The van der Waals surface area contributed by atoms with E-state index < -0.39 is 0 Å². The number of benzene rings is 1. The highest BCUT2D eigenvalue weighted by atomic mass is 32.1. The van der Waals surface area contributed by atoms with Crippen molar-refractivity contribution in [1.29, 1.82) is 0 Å². The predicted molar refractivity (Wildman–Crippen MR) is 83.4 cm³/mol. The van der Waals surface area contributed by atoms with E-state index in [9.17, 15) is 0 Å². The highest BCUT2D eigenvalue weighted by Crippen LogP contribution is 2.31. The first-order valence-electron chi connectivity index (χ1n) is 6.61. The summed E-state index contributed by atoms with van der Waals surface area (Å²) in [4.78, 5) is 7.94. The van der Waals surface area contributed by atoms with Gasteiger partial charge < -0.3 is 10.2 Å². The lowest BCUT2D eigenvalue weighted by Crippen LogP contribution is -2.16. The number of hydrogen-bond acceptors (Lipinski definition) is 4. The Balaban J connectivity index is 2.18. The molecule has 0 bridgehead atoms. The summed E-state index contributed by atoms with van der Waals surface area (Å²) in [7, 11) is 2.06. The topological polar surface area (TPSA) is 28.2 Å². The Kier molecular flexibility index (Phi) is 4.56. The molecular formula is C15H21N3S. The molecule has 19 heavy (non-hydrogen) atoms. The summed E-state index contributed by atoms with van der Waals surface area (Å²) in [6.45, 7) is 7.38. The van der Waals surface area contributed by atoms with E-state index in [1.54, 1.807) is 11.3 Å². The van der Waals surface area contributed by atoms with Crippen molar-refractivity contribution in [3.63, 3.8) is 0 Å². The van der Waals surface area contributed by atoms with Crippen LogP contribution < -0.4 is 10.2 Å². The van der Waals surface area contributed by atoms with Gasteiger partial charge in [-0.2, -0.15) is 0 Å². The second kappa shape index (κ2) is 6.17. The number of nitrogens with zero attached hydrogens (tertiary/aromatic N) is 2. The van der Waals surface area contributed by atoms with Gasteiger partial charge in [0.2, 0.25) is 0 Å². The van der Waals surface area contributed by atoms with Crippen LogP contribution >= 0.6 is 11.3 Å². The van der Waals surface area contributed by atoms with Crippen LogP contribution in [0.15, 0.2) is 30.5 Å². The first kappa shape index (κ1) is 14.0. The van der Waals surface area contributed by atoms with Crippen LogP contribution in [0, 0.1) is 6.92 Å². The van der Waals surface area contributed by atoms with Gasteiger partial charge in [-0.25, -0.2) is 4.98 Å². The Hall–Kier alpha value is -1.39. The van der Waals surface area contributed by atoms with Gasteiger partial charge in [-0.05, 0) is 38.1 Å². The Morgan fingerprint density at radius 2 is 2.21 bits per heavy atom. The van der Waals surface area contributed by atoms with E-state index in [4.69, 9.17) is 0 Å². The van der Waals surface area contributed by atoms with Crippen LogP contribution in [0.5, 0.6) is 0 Å². The summed E-state index contributed by atoms with van der Waals surface area (Å²) in [6, 6.07) is 8.84. The van der Waals surface area contributed by atoms with Gasteiger partial charge in [0.25, 0.3) is 0 Å². The van der Waals surface area contributed by atoms with Gasteiger partial charge in [0.15, 0.2) is 5.13 Å². The fraction of sp³-hybridized carbons (Fsp3) is 0.400. The second-order valence-electron chi connectivity index (χ2n) is 4.72. The molecule has 1 atom stereocenters. The van der Waals surface area contributed by atoms with Crippen LogP contribution in [-0.4, -0.2) is 18.6 Å². The molecule has 1 aromatic carbocycles. The molecule has 0 amide bonds. The highest BCUT2D eigenvalue weighted by Gasteiger charge is 2.12.